The van der Waals surface area contributed by atoms with Gasteiger partial charge >= 0.3 is 24.6 Å². The molecule has 39 heavy (non-hydrogen) atoms. The molecule has 2 aromatic heterocycles. The van der Waals surface area contributed by atoms with Crippen molar-refractivity contribution in [2.45, 2.75) is 62.3 Å². The molecule has 0 spiro atoms. The molecule has 0 aliphatic heterocycles. The van der Waals surface area contributed by atoms with Crippen LogP contribution in [-0.4, -0.2) is 35.2 Å². The highest BCUT2D eigenvalue weighted by molar-refractivity contribution is 7.11. The largest absolute Gasteiger partial charge is 0.619 e. The maximum atomic E-state index is 13.4. The highest BCUT2D eigenvalue weighted by Gasteiger charge is 2.73. The Kier molecular flexibility index (Phi) is 7.94. The van der Waals surface area contributed by atoms with Crippen LogP contribution < -0.4 is 14.2 Å². The zero-order valence-corrected chi connectivity index (χ0v) is 20.5. The summed E-state index contributed by atoms with van der Waals surface area (Å²) in [5.41, 5.74) is -4.60. The van der Waals surface area contributed by atoms with Gasteiger partial charge in [-0.2, -0.15) is 39.9 Å². The summed E-state index contributed by atoms with van der Waals surface area (Å²) in [5, 5.41) is 19.9. The van der Waals surface area contributed by atoms with E-state index in [0.29, 0.717) is 23.1 Å². The molecule has 1 N–H and O–H groups in total. The van der Waals surface area contributed by atoms with Gasteiger partial charge in [-0.1, -0.05) is 6.07 Å². The average molecular weight is 584 g/mol. The molecule has 1 saturated carbocycles. The quantitative estimate of drug-likeness (QED) is 0.190. The maximum absolute atomic E-state index is 13.4. The third-order valence-corrected chi connectivity index (χ3v) is 7.43. The lowest BCUT2D eigenvalue weighted by atomic mass is 9.91. The van der Waals surface area contributed by atoms with Crippen molar-refractivity contribution in [3.63, 3.8) is 0 Å². The predicted molar refractivity (Wildman–Crippen MR) is 120 cm³/mol. The minimum absolute atomic E-state index is 0.00786. The first-order valence-electron chi connectivity index (χ1n) is 11.4. The van der Waals surface area contributed by atoms with Gasteiger partial charge in [0.2, 0.25) is 0 Å². The number of pyridine rings is 1. The van der Waals surface area contributed by atoms with Gasteiger partial charge in [-0.25, -0.2) is 4.98 Å². The van der Waals surface area contributed by atoms with Crippen LogP contribution in [-0.2, 0) is 12.0 Å². The van der Waals surface area contributed by atoms with Crippen molar-refractivity contribution >= 4 is 11.3 Å². The van der Waals surface area contributed by atoms with Crippen LogP contribution >= 0.6 is 11.3 Å². The van der Waals surface area contributed by atoms with E-state index in [1.807, 2.05) is 0 Å². The van der Waals surface area contributed by atoms with Crippen molar-refractivity contribution in [2.75, 3.05) is 0 Å². The molecule has 0 saturated heterocycles. The standard InChI is InChI=1S/C24H20F8N2O4S/c25-21(26)38-17-7-6-14(10-18(17)37-15-4-1-5-15)16(9-13-3-2-8-34(36)12-13)19-11-33-20(39-19)22(35,23(27,28)29)24(30,31)32/h2-3,6-8,10-12,15-16,21,35H,1,4-5,9H2. The number of thiazole rings is 1. The number of hydrogen-bond acceptors (Lipinski definition) is 6. The van der Waals surface area contributed by atoms with E-state index in [1.165, 1.54) is 30.5 Å². The van der Waals surface area contributed by atoms with Crippen LogP contribution in [0.1, 0.15) is 46.2 Å². The maximum Gasteiger partial charge on any atom is 0.433 e. The molecule has 0 bridgehead atoms. The molecule has 15 heteroatoms. The Bertz CT molecular complexity index is 1280. The molecule has 1 aliphatic rings. The van der Waals surface area contributed by atoms with Crippen LogP contribution in [0.15, 0.2) is 48.9 Å². The molecule has 0 radical (unpaired) electrons. The molecule has 4 rings (SSSR count). The Morgan fingerprint density at radius 2 is 1.77 bits per heavy atom. The molecular weight excluding hydrogens is 564 g/mol. The summed E-state index contributed by atoms with van der Waals surface area (Å²) >= 11 is -0.00786. The summed E-state index contributed by atoms with van der Waals surface area (Å²) in [6, 6.07) is 6.70. The van der Waals surface area contributed by atoms with Gasteiger partial charge in [0.25, 0.3) is 0 Å². The Hall–Kier alpha value is -3.20. The summed E-state index contributed by atoms with van der Waals surface area (Å²) in [7, 11) is 0. The Balaban J connectivity index is 1.80. The van der Waals surface area contributed by atoms with Gasteiger partial charge in [0.05, 0.1) is 6.10 Å². The van der Waals surface area contributed by atoms with Crippen LogP contribution in [0.3, 0.4) is 0 Å². The lowest BCUT2D eigenvalue weighted by molar-refractivity contribution is -0.605. The number of halogens is 8. The molecule has 0 amide bonds. The minimum Gasteiger partial charge on any atom is -0.619 e. The monoisotopic (exact) mass is 584 g/mol. The fourth-order valence-corrected chi connectivity index (χ4v) is 5.13. The summed E-state index contributed by atoms with van der Waals surface area (Å²) in [4.78, 5) is 3.17. The zero-order valence-electron chi connectivity index (χ0n) is 19.7. The Labute approximate surface area is 220 Å². The molecule has 1 unspecified atom stereocenters. The second-order valence-electron chi connectivity index (χ2n) is 8.86. The van der Waals surface area contributed by atoms with Gasteiger partial charge in [0, 0.05) is 28.6 Å². The van der Waals surface area contributed by atoms with E-state index in [1.54, 1.807) is 0 Å². The van der Waals surface area contributed by atoms with Gasteiger partial charge in [-0.05, 0) is 49.4 Å². The van der Waals surface area contributed by atoms with Crippen LogP contribution in [0.5, 0.6) is 11.5 Å². The molecular formula is C24H20F8N2O4S. The molecule has 6 nitrogen and oxygen atoms in total. The lowest BCUT2D eigenvalue weighted by Gasteiger charge is -2.30. The Morgan fingerprint density at radius 1 is 1.08 bits per heavy atom. The molecule has 1 fully saturated rings. The van der Waals surface area contributed by atoms with E-state index in [9.17, 15) is 45.4 Å². The van der Waals surface area contributed by atoms with E-state index in [4.69, 9.17) is 4.74 Å². The van der Waals surface area contributed by atoms with E-state index in [-0.39, 0.29) is 45.8 Å². The van der Waals surface area contributed by atoms with E-state index in [2.05, 4.69) is 9.72 Å². The second kappa shape index (κ2) is 10.8. The summed E-state index contributed by atoms with van der Waals surface area (Å²) < 4.78 is 117. The normalized spacial score (nSPS) is 15.7. The lowest BCUT2D eigenvalue weighted by Crippen LogP contribution is -2.53. The number of aromatic nitrogens is 2. The number of alkyl halides is 8. The fraction of sp³-hybridized carbons (Fsp3) is 0.417. The first kappa shape index (κ1) is 28.8. The van der Waals surface area contributed by atoms with Crippen molar-refractivity contribution in [3.05, 3.63) is 75.1 Å². The van der Waals surface area contributed by atoms with Crippen molar-refractivity contribution in [1.29, 1.82) is 0 Å². The van der Waals surface area contributed by atoms with E-state index >= 15 is 0 Å². The number of benzene rings is 1. The van der Waals surface area contributed by atoms with Gasteiger partial charge in [-0.3, -0.25) is 0 Å². The summed E-state index contributed by atoms with van der Waals surface area (Å²) in [5.74, 6) is -1.39. The van der Waals surface area contributed by atoms with Crippen molar-refractivity contribution in [1.82, 2.24) is 4.98 Å². The highest BCUT2D eigenvalue weighted by atomic mass is 32.1. The molecule has 1 aliphatic carbocycles. The van der Waals surface area contributed by atoms with Gasteiger partial charge in [-0.15, -0.1) is 11.3 Å². The molecule has 3 aromatic rings. The summed E-state index contributed by atoms with van der Waals surface area (Å²) in [6.07, 6.45) is -7.35. The van der Waals surface area contributed by atoms with Gasteiger partial charge in [0.1, 0.15) is 5.01 Å². The number of hydrogen-bond donors (Lipinski definition) is 1. The number of rotatable bonds is 9. The van der Waals surface area contributed by atoms with Crippen LogP contribution in [0, 0.1) is 5.21 Å². The molecule has 212 valence electrons. The topological polar surface area (TPSA) is 78.5 Å². The minimum atomic E-state index is -6.12. The smallest absolute Gasteiger partial charge is 0.433 e. The predicted octanol–water partition coefficient (Wildman–Crippen LogP) is 6.00. The van der Waals surface area contributed by atoms with E-state index in [0.717, 1.165) is 24.9 Å². The average Bonchev–Trinajstić information content (AvgIpc) is 3.28. The highest BCUT2D eigenvalue weighted by Crippen LogP contribution is 2.52. The zero-order chi connectivity index (χ0) is 28.6. The van der Waals surface area contributed by atoms with Crippen LogP contribution in [0.4, 0.5) is 35.1 Å². The third kappa shape index (κ3) is 6.03. The number of ether oxygens (including phenoxy) is 2. The SMILES string of the molecule is [O-][n+]1cccc(CC(c2ccc(OC(F)F)c(OC3CCC3)c2)c2cnc(C(O)(C(F)(F)F)C(F)(F)F)s2)c1. The number of aliphatic hydroxyl groups is 1. The summed E-state index contributed by atoms with van der Waals surface area (Å²) in [6.45, 7) is -3.18. The Morgan fingerprint density at radius 3 is 2.33 bits per heavy atom. The first-order chi connectivity index (χ1) is 18.2. The van der Waals surface area contributed by atoms with Crippen molar-refractivity contribution in [3.8, 4) is 11.5 Å². The van der Waals surface area contributed by atoms with Crippen molar-refractivity contribution in [2.24, 2.45) is 0 Å². The second-order valence-corrected chi connectivity index (χ2v) is 9.92. The molecule has 1 atom stereocenters. The number of nitrogens with zero attached hydrogens (tertiary/aromatic N) is 2. The third-order valence-electron chi connectivity index (χ3n) is 6.21. The van der Waals surface area contributed by atoms with E-state index < -0.39 is 35.5 Å². The fourth-order valence-electron chi connectivity index (χ4n) is 3.95. The van der Waals surface area contributed by atoms with Crippen LogP contribution in [0.2, 0.25) is 0 Å². The van der Waals surface area contributed by atoms with Gasteiger partial charge in [0.15, 0.2) is 23.9 Å². The van der Waals surface area contributed by atoms with Crippen LogP contribution in [0.25, 0.3) is 0 Å². The van der Waals surface area contributed by atoms with Gasteiger partial charge < -0.3 is 19.8 Å². The first-order valence-corrected chi connectivity index (χ1v) is 12.3. The molecule has 1 aromatic carbocycles. The molecule has 2 heterocycles. The van der Waals surface area contributed by atoms with Crippen molar-refractivity contribution < 1.29 is 54.4 Å².